The smallest absolute Gasteiger partial charge is 0.0135 e. The molecule has 2 rings (SSSR count). The Hall–Kier alpha value is -0.260. The van der Waals surface area contributed by atoms with Gasteiger partial charge < -0.3 is 0 Å². The highest BCUT2D eigenvalue weighted by atomic mass is 14.7. The van der Waals surface area contributed by atoms with Gasteiger partial charge in [0.1, 0.15) is 0 Å². The van der Waals surface area contributed by atoms with Crippen molar-refractivity contribution in [3.8, 4) is 0 Å². The van der Waals surface area contributed by atoms with Crippen LogP contribution in [0.5, 0.6) is 0 Å². The zero-order valence-corrected chi connectivity index (χ0v) is 7.31. The van der Waals surface area contributed by atoms with Gasteiger partial charge in [0.25, 0.3) is 0 Å². The van der Waals surface area contributed by atoms with E-state index >= 15 is 0 Å². The maximum Gasteiger partial charge on any atom is -0.0135 e. The lowest BCUT2D eigenvalue weighted by Gasteiger charge is -2.20. The van der Waals surface area contributed by atoms with Crippen molar-refractivity contribution in [2.75, 3.05) is 0 Å². The molecule has 1 fully saturated rings. The van der Waals surface area contributed by atoms with Crippen LogP contribution < -0.4 is 0 Å². The van der Waals surface area contributed by atoms with Gasteiger partial charge in [0.15, 0.2) is 0 Å². The van der Waals surface area contributed by atoms with Crippen molar-refractivity contribution >= 4 is 0 Å². The fraction of sp³-hybridized carbons (Fsp3) is 0.800. The van der Waals surface area contributed by atoms with E-state index in [1.165, 1.54) is 0 Å². The molecule has 2 aliphatic carbocycles. The summed E-state index contributed by atoms with van der Waals surface area (Å²) in [5.41, 5.74) is 1.09. The zero-order chi connectivity index (χ0) is 7.57. The van der Waals surface area contributed by atoms with Gasteiger partial charge in [-0.2, -0.15) is 0 Å². The Morgan fingerprint density at radius 2 is 1.70 bits per heavy atom. The first kappa shape index (κ1) is 6.45. The second-order valence-corrected chi connectivity index (χ2v) is 5.01. The summed E-state index contributed by atoms with van der Waals surface area (Å²) in [7, 11) is 0. The van der Waals surface area contributed by atoms with Gasteiger partial charge in [0.05, 0.1) is 0 Å². The Morgan fingerprint density at radius 1 is 1.10 bits per heavy atom. The van der Waals surface area contributed by atoms with Crippen LogP contribution in [0.2, 0.25) is 0 Å². The highest BCUT2D eigenvalue weighted by Crippen LogP contribution is 2.70. The van der Waals surface area contributed by atoms with Gasteiger partial charge in [-0.3, -0.25) is 0 Å². The van der Waals surface area contributed by atoms with Crippen LogP contribution >= 0.6 is 0 Å². The molecule has 0 aromatic carbocycles. The van der Waals surface area contributed by atoms with Gasteiger partial charge in [0.2, 0.25) is 0 Å². The molecule has 0 radical (unpaired) electrons. The zero-order valence-electron chi connectivity index (χ0n) is 7.31. The highest BCUT2D eigenvalue weighted by molar-refractivity contribution is 5.28. The summed E-state index contributed by atoms with van der Waals surface area (Å²) in [5.74, 6) is 1.82. The third kappa shape index (κ3) is 0.531. The summed E-state index contributed by atoms with van der Waals surface area (Å²) in [6.45, 7) is 9.47. The Balaban J connectivity index is 2.31. The van der Waals surface area contributed by atoms with Crippen molar-refractivity contribution in [3.63, 3.8) is 0 Å². The minimum absolute atomic E-state index is 0.480. The molecular formula is C10H16. The van der Waals surface area contributed by atoms with Gasteiger partial charge in [-0.25, -0.2) is 0 Å². The molecule has 0 nitrogen and oxygen atoms in total. The van der Waals surface area contributed by atoms with E-state index in [9.17, 15) is 0 Å². The van der Waals surface area contributed by atoms with Crippen molar-refractivity contribution in [3.05, 3.63) is 12.2 Å². The van der Waals surface area contributed by atoms with Crippen LogP contribution in [0.15, 0.2) is 12.2 Å². The fourth-order valence-electron chi connectivity index (χ4n) is 2.91. The third-order valence-corrected chi connectivity index (χ3v) is 3.45. The Bertz CT molecular complexity index is 196. The minimum Gasteiger partial charge on any atom is -0.0840 e. The molecule has 0 saturated heterocycles. The SMILES string of the molecule is CC1(C)C=C[C@H]2[C@@H]1C2(C)C. The van der Waals surface area contributed by atoms with Crippen LogP contribution in [0.25, 0.3) is 0 Å². The molecule has 0 N–H and O–H groups in total. The number of hydrogen-bond acceptors (Lipinski definition) is 0. The van der Waals surface area contributed by atoms with Crippen LogP contribution in [0.4, 0.5) is 0 Å². The maximum atomic E-state index is 2.41. The standard InChI is InChI=1S/C10H16/c1-9(2)6-5-7-8(9)10(7,3)4/h5-8H,1-4H3/t7-,8-/m0/s1. The van der Waals surface area contributed by atoms with E-state index in [4.69, 9.17) is 0 Å². The molecule has 0 spiro atoms. The quantitative estimate of drug-likeness (QED) is 0.449. The average molecular weight is 136 g/mol. The van der Waals surface area contributed by atoms with Crippen LogP contribution in [0.1, 0.15) is 27.7 Å². The summed E-state index contributed by atoms with van der Waals surface area (Å²) in [6.07, 6.45) is 4.79. The van der Waals surface area contributed by atoms with E-state index in [0.717, 1.165) is 11.8 Å². The topological polar surface area (TPSA) is 0 Å². The lowest BCUT2D eigenvalue weighted by atomic mass is 9.84. The lowest BCUT2D eigenvalue weighted by molar-refractivity contribution is 0.351. The first-order chi connectivity index (χ1) is 4.46. The Morgan fingerprint density at radius 3 is 1.90 bits per heavy atom. The second-order valence-electron chi connectivity index (χ2n) is 5.01. The van der Waals surface area contributed by atoms with Gasteiger partial charge in [0, 0.05) is 0 Å². The van der Waals surface area contributed by atoms with Gasteiger partial charge >= 0.3 is 0 Å². The lowest BCUT2D eigenvalue weighted by Crippen LogP contribution is -2.12. The van der Waals surface area contributed by atoms with Gasteiger partial charge in [-0.15, -0.1) is 0 Å². The third-order valence-electron chi connectivity index (χ3n) is 3.45. The molecule has 0 aliphatic heterocycles. The molecule has 0 heterocycles. The van der Waals surface area contributed by atoms with Gasteiger partial charge in [-0.1, -0.05) is 39.8 Å². The molecule has 0 unspecified atom stereocenters. The number of allylic oxidation sites excluding steroid dienone is 2. The van der Waals surface area contributed by atoms with Crippen LogP contribution in [0, 0.1) is 22.7 Å². The van der Waals surface area contributed by atoms with Crippen molar-refractivity contribution in [2.45, 2.75) is 27.7 Å². The van der Waals surface area contributed by atoms with Crippen molar-refractivity contribution in [2.24, 2.45) is 22.7 Å². The molecule has 2 aliphatic rings. The summed E-state index contributed by atoms with van der Waals surface area (Å²) < 4.78 is 0. The molecular weight excluding hydrogens is 120 g/mol. The van der Waals surface area contributed by atoms with E-state index in [2.05, 4.69) is 39.8 Å². The van der Waals surface area contributed by atoms with Gasteiger partial charge in [-0.05, 0) is 22.7 Å². The normalized spacial score (nSPS) is 45.2. The summed E-state index contributed by atoms with van der Waals surface area (Å²) >= 11 is 0. The van der Waals surface area contributed by atoms with Crippen molar-refractivity contribution in [1.82, 2.24) is 0 Å². The largest absolute Gasteiger partial charge is 0.0840 e. The number of fused-ring (bicyclic) bond motifs is 1. The predicted molar refractivity (Wildman–Crippen MR) is 43.7 cm³/mol. The van der Waals surface area contributed by atoms with E-state index in [1.54, 1.807) is 0 Å². The van der Waals surface area contributed by atoms with Crippen LogP contribution in [0.3, 0.4) is 0 Å². The monoisotopic (exact) mass is 136 g/mol. The molecule has 0 amide bonds. The van der Waals surface area contributed by atoms with Crippen molar-refractivity contribution < 1.29 is 0 Å². The average Bonchev–Trinajstić information content (AvgIpc) is 2.07. The summed E-state index contributed by atoms with van der Waals surface area (Å²) in [6, 6.07) is 0. The van der Waals surface area contributed by atoms with E-state index in [-0.39, 0.29) is 0 Å². The maximum absolute atomic E-state index is 2.41. The molecule has 0 heteroatoms. The summed E-state index contributed by atoms with van der Waals surface area (Å²) in [4.78, 5) is 0. The van der Waals surface area contributed by atoms with Crippen molar-refractivity contribution in [1.29, 1.82) is 0 Å². The number of rotatable bonds is 0. The molecule has 0 bridgehead atoms. The van der Waals surface area contributed by atoms with E-state index < -0.39 is 0 Å². The predicted octanol–water partition coefficient (Wildman–Crippen LogP) is 2.85. The molecule has 10 heavy (non-hydrogen) atoms. The number of hydrogen-bond donors (Lipinski definition) is 0. The highest BCUT2D eigenvalue weighted by Gasteiger charge is 2.64. The molecule has 56 valence electrons. The Kier molecular flexibility index (Phi) is 0.867. The first-order valence-corrected chi connectivity index (χ1v) is 4.15. The molecule has 1 saturated carbocycles. The van der Waals surface area contributed by atoms with Crippen LogP contribution in [-0.2, 0) is 0 Å². The van der Waals surface area contributed by atoms with Crippen LogP contribution in [-0.4, -0.2) is 0 Å². The minimum atomic E-state index is 0.480. The fourth-order valence-corrected chi connectivity index (χ4v) is 2.91. The molecule has 0 aromatic rings. The van der Waals surface area contributed by atoms with E-state index in [0.29, 0.717) is 10.8 Å². The molecule has 0 aromatic heterocycles. The molecule has 2 atom stereocenters. The second kappa shape index (κ2) is 1.34. The first-order valence-electron chi connectivity index (χ1n) is 4.15. The Labute approximate surface area is 63.3 Å². The van der Waals surface area contributed by atoms with E-state index in [1.807, 2.05) is 0 Å². The summed E-state index contributed by atoms with van der Waals surface area (Å²) in [5, 5.41) is 0.